The van der Waals surface area contributed by atoms with Crippen LogP contribution < -0.4 is 4.90 Å². The molecule has 1 aliphatic heterocycles. The topological polar surface area (TPSA) is 62.7 Å². The number of likely N-dealkylation sites (tertiary alicyclic amines) is 1. The average molecular weight is 373 g/mol. The number of carbonyl (C=O) groups excluding carboxylic acids is 2. The molecule has 2 fully saturated rings. The first-order chi connectivity index (χ1) is 12.9. The van der Waals surface area contributed by atoms with Crippen LogP contribution in [-0.2, 0) is 9.53 Å². The molecule has 6 heteroatoms. The zero-order valence-electron chi connectivity index (χ0n) is 16.7. The number of hydrogen-bond donors (Lipinski definition) is 0. The highest BCUT2D eigenvalue weighted by Crippen LogP contribution is 2.37. The van der Waals surface area contributed by atoms with Crippen LogP contribution in [-0.4, -0.2) is 40.6 Å². The van der Waals surface area contributed by atoms with Gasteiger partial charge in [0, 0.05) is 24.3 Å². The lowest BCUT2D eigenvalue weighted by Crippen LogP contribution is -2.44. The second-order valence-electron chi connectivity index (χ2n) is 8.56. The highest BCUT2D eigenvalue weighted by molar-refractivity contribution is 5.88. The molecule has 2 aliphatic rings. The third-order valence-corrected chi connectivity index (χ3v) is 5.36. The van der Waals surface area contributed by atoms with Crippen LogP contribution in [0.2, 0.25) is 0 Å². The van der Waals surface area contributed by atoms with Gasteiger partial charge < -0.3 is 9.64 Å². The summed E-state index contributed by atoms with van der Waals surface area (Å²) in [5.74, 6) is 0.650. The molecule has 6 nitrogen and oxygen atoms in total. The lowest BCUT2D eigenvalue weighted by atomic mass is 9.95. The van der Waals surface area contributed by atoms with Crippen molar-refractivity contribution in [1.82, 2.24) is 9.88 Å². The van der Waals surface area contributed by atoms with Crippen LogP contribution in [0.25, 0.3) is 0 Å². The summed E-state index contributed by atoms with van der Waals surface area (Å²) in [6, 6.07) is 3.95. The SMILES string of the molecule is CC(C)(C)OC(=O)N(c1ncccc1[C@H]1CCCCN1C=O)C1CCCC1. The van der Waals surface area contributed by atoms with E-state index in [4.69, 9.17) is 4.74 Å². The van der Waals surface area contributed by atoms with Crippen molar-refractivity contribution >= 4 is 18.3 Å². The molecule has 0 N–H and O–H groups in total. The van der Waals surface area contributed by atoms with Gasteiger partial charge in [-0.3, -0.25) is 9.69 Å². The number of piperidine rings is 1. The first-order valence-corrected chi connectivity index (χ1v) is 10.1. The first-order valence-electron chi connectivity index (χ1n) is 10.1. The van der Waals surface area contributed by atoms with Gasteiger partial charge in [0.2, 0.25) is 6.41 Å². The summed E-state index contributed by atoms with van der Waals surface area (Å²) >= 11 is 0. The second kappa shape index (κ2) is 8.28. The van der Waals surface area contributed by atoms with Crippen molar-refractivity contribution in [3.05, 3.63) is 23.9 Å². The van der Waals surface area contributed by atoms with Gasteiger partial charge in [-0.25, -0.2) is 9.78 Å². The molecule has 27 heavy (non-hydrogen) atoms. The Balaban J connectivity index is 1.99. The summed E-state index contributed by atoms with van der Waals surface area (Å²) < 4.78 is 5.73. The molecule has 3 rings (SSSR count). The molecule has 1 aliphatic carbocycles. The molecular formula is C21H31N3O3. The van der Waals surface area contributed by atoms with Gasteiger partial charge in [0.25, 0.3) is 0 Å². The Morgan fingerprint density at radius 1 is 1.22 bits per heavy atom. The van der Waals surface area contributed by atoms with E-state index in [9.17, 15) is 9.59 Å². The van der Waals surface area contributed by atoms with E-state index in [1.165, 1.54) is 0 Å². The standard InChI is InChI=1S/C21H31N3O3/c1-21(2,3)27-20(26)24(16-9-4-5-10-16)19-17(11-8-13-22-19)18-12-6-7-14-23(18)15-25/h8,11,13,15-16,18H,4-7,9-10,12,14H2,1-3H3/t18-/m1/s1. The highest BCUT2D eigenvalue weighted by Gasteiger charge is 2.36. The van der Waals surface area contributed by atoms with Gasteiger partial charge in [-0.2, -0.15) is 0 Å². The number of ether oxygens (including phenoxy) is 1. The third-order valence-electron chi connectivity index (χ3n) is 5.36. The van der Waals surface area contributed by atoms with Crippen LogP contribution in [0.5, 0.6) is 0 Å². The predicted molar refractivity (Wildman–Crippen MR) is 105 cm³/mol. The van der Waals surface area contributed by atoms with Crippen molar-refractivity contribution in [2.45, 2.75) is 83.4 Å². The number of anilines is 1. The van der Waals surface area contributed by atoms with Crippen LogP contribution in [0.3, 0.4) is 0 Å². The number of aromatic nitrogens is 1. The maximum absolute atomic E-state index is 13.1. The summed E-state index contributed by atoms with van der Waals surface area (Å²) in [6.45, 7) is 6.39. The molecular weight excluding hydrogens is 342 g/mol. The van der Waals surface area contributed by atoms with E-state index >= 15 is 0 Å². The van der Waals surface area contributed by atoms with Crippen molar-refractivity contribution in [2.24, 2.45) is 0 Å². The van der Waals surface area contributed by atoms with Gasteiger partial charge >= 0.3 is 6.09 Å². The van der Waals surface area contributed by atoms with Crippen molar-refractivity contribution in [1.29, 1.82) is 0 Å². The molecule has 148 valence electrons. The van der Waals surface area contributed by atoms with Crippen LogP contribution in [0.4, 0.5) is 10.6 Å². The number of nitrogens with zero attached hydrogens (tertiary/aromatic N) is 3. The summed E-state index contributed by atoms with van der Waals surface area (Å²) in [7, 11) is 0. The smallest absolute Gasteiger partial charge is 0.416 e. The number of hydrogen-bond acceptors (Lipinski definition) is 4. The number of rotatable bonds is 4. The molecule has 1 aromatic heterocycles. The van der Waals surface area contributed by atoms with Gasteiger partial charge in [0.05, 0.1) is 6.04 Å². The third kappa shape index (κ3) is 4.60. The Kier molecular flexibility index (Phi) is 6.02. The molecule has 0 aromatic carbocycles. The van der Waals surface area contributed by atoms with Gasteiger partial charge in [-0.1, -0.05) is 18.9 Å². The van der Waals surface area contributed by atoms with Crippen molar-refractivity contribution < 1.29 is 14.3 Å². The molecule has 1 aromatic rings. The summed E-state index contributed by atoms with van der Waals surface area (Å²) in [6.07, 6.45) is 9.41. The van der Waals surface area contributed by atoms with E-state index in [2.05, 4.69) is 4.98 Å². The predicted octanol–water partition coefficient (Wildman–Crippen LogP) is 4.45. The van der Waals surface area contributed by atoms with E-state index in [1.807, 2.05) is 37.8 Å². The van der Waals surface area contributed by atoms with Gasteiger partial charge in [0.15, 0.2) is 0 Å². The van der Waals surface area contributed by atoms with E-state index in [0.29, 0.717) is 5.82 Å². The van der Waals surface area contributed by atoms with Crippen molar-refractivity contribution in [2.75, 3.05) is 11.4 Å². The lowest BCUT2D eigenvalue weighted by Gasteiger charge is -2.37. The number of carbonyl (C=O) groups is 2. The van der Waals surface area contributed by atoms with Gasteiger partial charge in [-0.15, -0.1) is 0 Å². The quantitative estimate of drug-likeness (QED) is 0.732. The molecule has 1 saturated carbocycles. The van der Waals surface area contributed by atoms with Crippen molar-refractivity contribution in [3.63, 3.8) is 0 Å². The molecule has 2 heterocycles. The van der Waals surface area contributed by atoms with Crippen LogP contribution in [0.1, 0.15) is 77.3 Å². The monoisotopic (exact) mass is 373 g/mol. The Morgan fingerprint density at radius 2 is 1.93 bits per heavy atom. The van der Waals surface area contributed by atoms with E-state index < -0.39 is 5.60 Å². The minimum absolute atomic E-state index is 0.0358. The molecule has 1 atom stereocenters. The van der Waals surface area contributed by atoms with E-state index in [1.54, 1.807) is 11.1 Å². The highest BCUT2D eigenvalue weighted by atomic mass is 16.6. The second-order valence-corrected chi connectivity index (χ2v) is 8.56. The maximum atomic E-state index is 13.1. The van der Waals surface area contributed by atoms with Crippen LogP contribution >= 0.6 is 0 Å². The molecule has 0 unspecified atom stereocenters. The van der Waals surface area contributed by atoms with E-state index in [0.717, 1.165) is 63.5 Å². The Hall–Kier alpha value is -2.11. The fourth-order valence-electron chi connectivity index (χ4n) is 4.17. The number of amides is 2. The fraction of sp³-hybridized carbons (Fsp3) is 0.667. The summed E-state index contributed by atoms with van der Waals surface area (Å²) in [4.78, 5) is 32.9. The van der Waals surface area contributed by atoms with Crippen molar-refractivity contribution in [3.8, 4) is 0 Å². The zero-order chi connectivity index (χ0) is 19.4. The number of pyridine rings is 1. The van der Waals surface area contributed by atoms with Gasteiger partial charge in [-0.05, 0) is 58.9 Å². The summed E-state index contributed by atoms with van der Waals surface area (Å²) in [5.41, 5.74) is 0.379. The van der Waals surface area contributed by atoms with Gasteiger partial charge in [0.1, 0.15) is 11.4 Å². The molecule has 0 radical (unpaired) electrons. The fourth-order valence-corrected chi connectivity index (χ4v) is 4.17. The lowest BCUT2D eigenvalue weighted by molar-refractivity contribution is -0.121. The Morgan fingerprint density at radius 3 is 2.59 bits per heavy atom. The Labute approximate surface area is 161 Å². The van der Waals surface area contributed by atoms with Crippen LogP contribution in [0.15, 0.2) is 18.3 Å². The molecule has 0 bridgehead atoms. The largest absolute Gasteiger partial charge is 0.443 e. The molecule has 2 amide bonds. The molecule has 0 spiro atoms. The first kappa shape index (κ1) is 19.6. The maximum Gasteiger partial charge on any atom is 0.416 e. The zero-order valence-corrected chi connectivity index (χ0v) is 16.7. The Bertz CT molecular complexity index is 665. The minimum atomic E-state index is -0.567. The average Bonchev–Trinajstić information content (AvgIpc) is 3.15. The normalized spacial score (nSPS) is 21.1. The molecule has 1 saturated heterocycles. The van der Waals surface area contributed by atoms with E-state index in [-0.39, 0.29) is 18.2 Å². The summed E-state index contributed by atoms with van der Waals surface area (Å²) in [5, 5.41) is 0. The minimum Gasteiger partial charge on any atom is -0.443 e. The van der Waals surface area contributed by atoms with Crippen LogP contribution in [0, 0.1) is 0 Å².